The molecule has 0 bridgehead atoms. The lowest BCUT2D eigenvalue weighted by Gasteiger charge is -2.32. The topological polar surface area (TPSA) is 67.8 Å². The number of ether oxygens (including phenoxy) is 2. The number of anilines is 1. The lowest BCUT2D eigenvalue weighted by atomic mass is 10.1. The van der Waals surface area contributed by atoms with Gasteiger partial charge < -0.3 is 19.3 Å². The van der Waals surface area contributed by atoms with Crippen molar-refractivity contribution in [2.24, 2.45) is 0 Å². The van der Waals surface area contributed by atoms with E-state index in [1.54, 1.807) is 30.4 Å². The zero-order valence-corrected chi connectivity index (χ0v) is 15.8. The predicted molar refractivity (Wildman–Crippen MR) is 104 cm³/mol. The quantitative estimate of drug-likeness (QED) is 0.754. The first-order valence-corrected chi connectivity index (χ1v) is 8.79. The Balaban J connectivity index is 1.67. The average molecular weight is 368 g/mol. The van der Waals surface area contributed by atoms with Crippen LogP contribution in [0.25, 0.3) is 6.08 Å². The van der Waals surface area contributed by atoms with E-state index < -0.39 is 0 Å². The van der Waals surface area contributed by atoms with Crippen LogP contribution in [0, 0.1) is 0 Å². The summed E-state index contributed by atoms with van der Waals surface area (Å²) in [6, 6.07) is 9.41. The minimum Gasteiger partial charge on any atom is -0.497 e. The number of nitrogens with zero attached hydrogens (tertiary/aromatic N) is 4. The lowest BCUT2D eigenvalue weighted by molar-refractivity contribution is -0.133. The van der Waals surface area contributed by atoms with Crippen LogP contribution < -0.4 is 9.64 Å². The molecule has 1 aliphatic heterocycles. The molecule has 0 spiro atoms. The molecule has 0 aliphatic carbocycles. The van der Waals surface area contributed by atoms with Gasteiger partial charge in [-0.2, -0.15) is 0 Å². The average Bonchev–Trinajstić information content (AvgIpc) is 2.72. The van der Waals surface area contributed by atoms with E-state index in [4.69, 9.17) is 9.47 Å². The van der Waals surface area contributed by atoms with E-state index in [9.17, 15) is 4.79 Å². The van der Waals surface area contributed by atoms with Crippen molar-refractivity contribution in [3.05, 3.63) is 53.9 Å². The molecule has 1 unspecified atom stereocenters. The van der Waals surface area contributed by atoms with Gasteiger partial charge in [-0.25, -0.2) is 9.97 Å². The molecule has 0 N–H and O–H groups in total. The summed E-state index contributed by atoms with van der Waals surface area (Å²) in [6.07, 6.45) is 4.84. The van der Waals surface area contributed by atoms with Crippen LogP contribution in [0.5, 0.6) is 5.75 Å². The van der Waals surface area contributed by atoms with Crippen LogP contribution >= 0.6 is 0 Å². The third-order valence-corrected chi connectivity index (χ3v) is 4.28. The molecular weight excluding hydrogens is 344 g/mol. The smallest absolute Gasteiger partial charge is 0.246 e. The summed E-state index contributed by atoms with van der Waals surface area (Å²) in [7, 11) is 5.40. The van der Waals surface area contributed by atoms with Crippen LogP contribution in [0.4, 0.5) is 5.95 Å². The number of aromatic nitrogens is 2. The SMILES string of the molecule is COc1cccc(/C=C/C(=O)N2CCOC(c3ccnc(N(C)C)n3)C2)c1. The summed E-state index contributed by atoms with van der Waals surface area (Å²) < 4.78 is 11.0. The van der Waals surface area contributed by atoms with Gasteiger partial charge in [0, 0.05) is 32.9 Å². The van der Waals surface area contributed by atoms with E-state index >= 15 is 0 Å². The van der Waals surface area contributed by atoms with E-state index in [1.807, 2.05) is 49.3 Å². The Bertz CT molecular complexity index is 822. The largest absolute Gasteiger partial charge is 0.497 e. The number of carbonyl (C=O) groups excluding carboxylic acids is 1. The van der Waals surface area contributed by atoms with Crippen LogP contribution in [0.3, 0.4) is 0 Å². The first-order valence-electron chi connectivity index (χ1n) is 8.79. The molecule has 142 valence electrons. The van der Waals surface area contributed by atoms with Gasteiger partial charge in [-0.15, -0.1) is 0 Å². The van der Waals surface area contributed by atoms with E-state index in [-0.39, 0.29) is 12.0 Å². The number of hydrogen-bond acceptors (Lipinski definition) is 6. The Morgan fingerprint density at radius 2 is 2.22 bits per heavy atom. The Morgan fingerprint density at radius 1 is 1.37 bits per heavy atom. The second kappa shape index (κ2) is 8.64. The normalized spacial score (nSPS) is 17.1. The van der Waals surface area contributed by atoms with Crippen molar-refractivity contribution in [1.29, 1.82) is 0 Å². The number of methoxy groups -OCH3 is 1. The summed E-state index contributed by atoms with van der Waals surface area (Å²) in [5.74, 6) is 1.34. The number of rotatable bonds is 5. The molecule has 2 aromatic rings. The van der Waals surface area contributed by atoms with Gasteiger partial charge in [0.25, 0.3) is 0 Å². The zero-order valence-electron chi connectivity index (χ0n) is 15.8. The molecule has 1 atom stereocenters. The highest BCUT2D eigenvalue weighted by molar-refractivity contribution is 5.91. The van der Waals surface area contributed by atoms with Gasteiger partial charge in [0.15, 0.2) is 0 Å². The van der Waals surface area contributed by atoms with Gasteiger partial charge in [0.1, 0.15) is 11.9 Å². The van der Waals surface area contributed by atoms with Crippen LogP contribution in [0.1, 0.15) is 17.4 Å². The fourth-order valence-corrected chi connectivity index (χ4v) is 2.80. The maximum atomic E-state index is 12.6. The monoisotopic (exact) mass is 368 g/mol. The van der Waals surface area contributed by atoms with Gasteiger partial charge in [0.2, 0.25) is 11.9 Å². The van der Waals surface area contributed by atoms with Crippen molar-refractivity contribution in [2.45, 2.75) is 6.10 Å². The van der Waals surface area contributed by atoms with Crippen molar-refractivity contribution in [3.8, 4) is 5.75 Å². The molecule has 7 nitrogen and oxygen atoms in total. The first-order chi connectivity index (χ1) is 13.1. The van der Waals surface area contributed by atoms with Crippen molar-refractivity contribution in [3.63, 3.8) is 0 Å². The summed E-state index contributed by atoms with van der Waals surface area (Å²) in [4.78, 5) is 25.0. The third-order valence-electron chi connectivity index (χ3n) is 4.28. The number of carbonyl (C=O) groups is 1. The predicted octanol–water partition coefficient (Wildman–Crippen LogP) is 2.16. The molecule has 1 saturated heterocycles. The number of amides is 1. The van der Waals surface area contributed by atoms with E-state index in [1.165, 1.54) is 0 Å². The zero-order chi connectivity index (χ0) is 19.2. The van der Waals surface area contributed by atoms with E-state index in [0.717, 1.165) is 17.0 Å². The minimum absolute atomic E-state index is 0.0481. The van der Waals surface area contributed by atoms with Crippen LogP contribution in [0.15, 0.2) is 42.6 Å². The van der Waals surface area contributed by atoms with Crippen LogP contribution in [-0.2, 0) is 9.53 Å². The van der Waals surface area contributed by atoms with Gasteiger partial charge in [0.05, 0.1) is 26.0 Å². The standard InChI is InChI=1S/C20H24N4O3/c1-23(2)20-21-10-9-17(22-20)18-14-24(11-12-27-18)19(25)8-7-15-5-4-6-16(13-15)26-3/h4-10,13,18H,11-12,14H2,1-3H3/b8-7+. The summed E-state index contributed by atoms with van der Waals surface area (Å²) >= 11 is 0. The fourth-order valence-electron chi connectivity index (χ4n) is 2.80. The highest BCUT2D eigenvalue weighted by Crippen LogP contribution is 2.22. The molecular formula is C20H24N4O3. The minimum atomic E-state index is -0.255. The Kier molecular flexibility index (Phi) is 6.03. The van der Waals surface area contributed by atoms with E-state index in [0.29, 0.717) is 25.6 Å². The maximum absolute atomic E-state index is 12.6. The lowest BCUT2D eigenvalue weighted by Crippen LogP contribution is -2.41. The Hall–Kier alpha value is -2.93. The molecule has 1 amide bonds. The number of benzene rings is 1. The van der Waals surface area contributed by atoms with Gasteiger partial charge in [-0.05, 0) is 29.8 Å². The van der Waals surface area contributed by atoms with Crippen LogP contribution in [-0.4, -0.2) is 61.7 Å². The van der Waals surface area contributed by atoms with Crippen molar-refractivity contribution < 1.29 is 14.3 Å². The molecule has 7 heteroatoms. The third kappa shape index (κ3) is 4.83. The molecule has 1 fully saturated rings. The summed E-state index contributed by atoms with van der Waals surface area (Å²) in [6.45, 7) is 1.50. The van der Waals surface area contributed by atoms with Gasteiger partial charge in [-0.1, -0.05) is 12.1 Å². The maximum Gasteiger partial charge on any atom is 0.246 e. The number of morpholine rings is 1. The number of hydrogen-bond donors (Lipinski definition) is 0. The van der Waals surface area contributed by atoms with Crippen molar-refractivity contribution >= 4 is 17.9 Å². The summed E-state index contributed by atoms with van der Waals surface area (Å²) in [5.41, 5.74) is 1.70. The molecule has 0 saturated carbocycles. The second-order valence-corrected chi connectivity index (χ2v) is 6.43. The fraction of sp³-hybridized carbons (Fsp3) is 0.350. The molecule has 27 heavy (non-hydrogen) atoms. The van der Waals surface area contributed by atoms with Crippen molar-refractivity contribution in [1.82, 2.24) is 14.9 Å². The molecule has 1 aromatic carbocycles. The van der Waals surface area contributed by atoms with Gasteiger partial charge >= 0.3 is 0 Å². The summed E-state index contributed by atoms with van der Waals surface area (Å²) in [5, 5.41) is 0. The Labute approximate surface area is 159 Å². The highest BCUT2D eigenvalue weighted by atomic mass is 16.5. The van der Waals surface area contributed by atoms with E-state index in [2.05, 4.69) is 9.97 Å². The molecule has 1 aliphatic rings. The van der Waals surface area contributed by atoms with Crippen LogP contribution in [0.2, 0.25) is 0 Å². The Morgan fingerprint density at radius 3 is 3.00 bits per heavy atom. The van der Waals surface area contributed by atoms with Gasteiger partial charge in [-0.3, -0.25) is 4.79 Å². The molecule has 3 rings (SSSR count). The molecule has 0 radical (unpaired) electrons. The molecule has 2 heterocycles. The first kappa shape index (κ1) is 18.8. The van der Waals surface area contributed by atoms with Crippen molar-refractivity contribution in [2.75, 3.05) is 45.8 Å². The highest BCUT2D eigenvalue weighted by Gasteiger charge is 2.25. The second-order valence-electron chi connectivity index (χ2n) is 6.43. The molecule has 1 aromatic heterocycles.